The Morgan fingerprint density at radius 3 is 0.819 bits per heavy atom. The second-order valence-corrected chi connectivity index (χ2v) is 31.2. The normalized spacial score (nSPS) is 13.2. The third-order valence-corrected chi connectivity index (χ3v) is 19.7. The Bertz CT molecular complexity index is 2160. The van der Waals surface area contributed by atoms with Gasteiger partial charge in [-0.2, -0.15) is 0 Å². The number of carboxylic acids is 1. The van der Waals surface area contributed by atoms with E-state index in [0.717, 1.165) is 96.3 Å². The fraction of sp³-hybridized carbons (Fsp3) is 0.760. The van der Waals surface area contributed by atoms with Gasteiger partial charge in [0.25, 0.3) is 0 Å². The average molecular weight is 1470 g/mol. The van der Waals surface area contributed by atoms with E-state index in [1.807, 2.05) is 21.1 Å². The number of hydrogen-bond acceptors (Lipinski definition) is 8. The molecule has 0 aromatic carbocycles. The summed E-state index contributed by atoms with van der Waals surface area (Å²) in [5.74, 6) is -2.27. The van der Waals surface area contributed by atoms with Crippen LogP contribution in [0.2, 0.25) is 0 Å². The fourth-order valence-corrected chi connectivity index (χ4v) is 12.9. The molecule has 0 saturated heterocycles. The lowest BCUT2D eigenvalue weighted by Crippen LogP contribution is -2.44. The molecule has 0 N–H and O–H groups in total. The molecule has 606 valence electrons. The number of carbonyl (C=O) groups is 3. The van der Waals surface area contributed by atoms with E-state index < -0.39 is 24.3 Å². The summed E-state index contributed by atoms with van der Waals surface area (Å²) in [6.07, 6.45) is 119. The predicted molar refractivity (Wildman–Crippen MR) is 453 cm³/mol. The molecule has 0 saturated carbocycles. The van der Waals surface area contributed by atoms with Gasteiger partial charge in [0.1, 0.15) is 13.2 Å². The van der Waals surface area contributed by atoms with Crippen LogP contribution in [0.3, 0.4) is 0 Å². The maximum Gasteiger partial charge on any atom is 0.306 e. The lowest BCUT2D eigenvalue weighted by molar-refractivity contribution is -0.870. The molecular weight excluding hydrogens is 1300 g/mol. The molecule has 9 nitrogen and oxygen atoms in total. The van der Waals surface area contributed by atoms with E-state index in [1.165, 1.54) is 283 Å². The monoisotopic (exact) mass is 1460 g/mol. The van der Waals surface area contributed by atoms with Gasteiger partial charge in [0.05, 0.1) is 40.3 Å². The summed E-state index contributed by atoms with van der Waals surface area (Å²) in [4.78, 5) is 37.7. The summed E-state index contributed by atoms with van der Waals surface area (Å²) in [5.41, 5.74) is 0. The first-order valence-electron chi connectivity index (χ1n) is 44.7. The number of rotatable bonds is 83. The molecule has 105 heavy (non-hydrogen) atoms. The van der Waals surface area contributed by atoms with Gasteiger partial charge in [-0.25, -0.2) is 0 Å². The molecule has 0 heterocycles. The number of allylic oxidation sites excluding steroid dienone is 20. The SMILES string of the molecule is CC/C=C\C/C=C\C/C=C\C/C=C\C/C=C\C/C=C\C/C=C\C/C=C\C/C=C\CCCCCCCCCCCCCCCC(=O)OC(COC(=O)CCCCCCCCCCCCCCCCCCCCCCCCCCCCC/C=C\CCCCCCCCCC)COC(OCC[N+](C)(C)C)C(=O)[O-]. The number of hydrogen-bond donors (Lipinski definition) is 0. The van der Waals surface area contributed by atoms with E-state index in [0.29, 0.717) is 23.9 Å². The smallest absolute Gasteiger partial charge is 0.306 e. The fourth-order valence-electron chi connectivity index (χ4n) is 12.9. The van der Waals surface area contributed by atoms with Crippen molar-refractivity contribution in [1.29, 1.82) is 0 Å². The Balaban J connectivity index is 3.97. The van der Waals surface area contributed by atoms with Crippen LogP contribution in [-0.4, -0.2) is 82.3 Å². The molecule has 0 aliphatic rings. The highest BCUT2D eigenvalue weighted by atomic mass is 16.7. The number of ether oxygens (including phenoxy) is 4. The van der Waals surface area contributed by atoms with Crippen LogP contribution in [0.4, 0.5) is 0 Å². The summed E-state index contributed by atoms with van der Waals surface area (Å²) >= 11 is 0. The molecule has 0 aliphatic carbocycles. The molecule has 0 aromatic heterocycles. The van der Waals surface area contributed by atoms with E-state index >= 15 is 0 Å². The zero-order valence-corrected chi connectivity index (χ0v) is 69.6. The molecule has 0 aliphatic heterocycles. The van der Waals surface area contributed by atoms with Crippen LogP contribution in [0.25, 0.3) is 0 Å². The number of aliphatic carboxylic acids is 1. The largest absolute Gasteiger partial charge is 0.545 e. The van der Waals surface area contributed by atoms with Gasteiger partial charge in [-0.05, 0) is 109 Å². The molecule has 0 spiro atoms. The Morgan fingerprint density at radius 1 is 0.295 bits per heavy atom. The zero-order chi connectivity index (χ0) is 76.0. The van der Waals surface area contributed by atoms with Crippen LogP contribution < -0.4 is 5.11 Å². The van der Waals surface area contributed by atoms with Crippen molar-refractivity contribution in [3.63, 3.8) is 0 Å². The maximum atomic E-state index is 13.0. The summed E-state index contributed by atoms with van der Waals surface area (Å²) in [5, 5.41) is 11.9. The number of nitrogens with zero attached hydrogens (tertiary/aromatic N) is 1. The van der Waals surface area contributed by atoms with Crippen LogP contribution in [0.15, 0.2) is 122 Å². The van der Waals surface area contributed by atoms with Gasteiger partial charge >= 0.3 is 11.9 Å². The first kappa shape index (κ1) is 101. The first-order valence-corrected chi connectivity index (χ1v) is 44.7. The summed E-state index contributed by atoms with van der Waals surface area (Å²) in [6.45, 7) is 4.68. The van der Waals surface area contributed by atoms with Crippen molar-refractivity contribution in [2.75, 3.05) is 47.5 Å². The second-order valence-electron chi connectivity index (χ2n) is 31.2. The van der Waals surface area contributed by atoms with E-state index in [-0.39, 0.29) is 32.2 Å². The molecule has 0 rings (SSSR count). The predicted octanol–water partition coefficient (Wildman–Crippen LogP) is 28.0. The Hall–Kier alpha value is -4.31. The summed E-state index contributed by atoms with van der Waals surface area (Å²) in [7, 11) is 5.95. The quantitative estimate of drug-likeness (QED) is 0.0195. The molecule has 9 heteroatoms. The number of carbonyl (C=O) groups excluding carboxylic acids is 3. The van der Waals surface area contributed by atoms with Gasteiger partial charge in [0, 0.05) is 12.8 Å². The van der Waals surface area contributed by atoms with E-state index in [1.54, 1.807) is 0 Å². The van der Waals surface area contributed by atoms with E-state index in [2.05, 4.69) is 135 Å². The van der Waals surface area contributed by atoms with Crippen molar-refractivity contribution in [1.82, 2.24) is 0 Å². The van der Waals surface area contributed by atoms with Crippen LogP contribution >= 0.6 is 0 Å². The van der Waals surface area contributed by atoms with Gasteiger partial charge in [0.15, 0.2) is 12.4 Å². The van der Waals surface area contributed by atoms with Crippen LogP contribution in [-0.2, 0) is 33.3 Å². The van der Waals surface area contributed by atoms with Crippen molar-refractivity contribution in [3.8, 4) is 0 Å². The lowest BCUT2D eigenvalue weighted by Gasteiger charge is -2.26. The molecule has 0 bridgehead atoms. The highest BCUT2D eigenvalue weighted by molar-refractivity contribution is 5.70. The molecule has 0 radical (unpaired) electrons. The minimum Gasteiger partial charge on any atom is -0.545 e. The van der Waals surface area contributed by atoms with Gasteiger partial charge in [-0.1, -0.05) is 411 Å². The number of quaternary nitrogens is 1. The summed E-state index contributed by atoms with van der Waals surface area (Å²) < 4.78 is 22.9. The van der Waals surface area contributed by atoms with Crippen LogP contribution in [0.1, 0.15) is 412 Å². The molecule has 2 atom stereocenters. The topological polar surface area (TPSA) is 111 Å². The first-order chi connectivity index (χ1) is 51.6. The van der Waals surface area contributed by atoms with E-state index in [9.17, 15) is 19.5 Å². The van der Waals surface area contributed by atoms with Gasteiger partial charge < -0.3 is 33.3 Å². The number of carboxylic acid groups (broad SMARTS) is 1. The van der Waals surface area contributed by atoms with Gasteiger partial charge in [0.2, 0.25) is 0 Å². The van der Waals surface area contributed by atoms with Crippen molar-refractivity contribution >= 4 is 17.9 Å². The minimum atomic E-state index is -1.63. The lowest BCUT2D eigenvalue weighted by atomic mass is 10.0. The molecule has 0 fully saturated rings. The van der Waals surface area contributed by atoms with Crippen molar-refractivity contribution < 1.29 is 42.9 Å². The molecule has 0 amide bonds. The zero-order valence-electron chi connectivity index (χ0n) is 69.6. The van der Waals surface area contributed by atoms with Crippen molar-refractivity contribution in [3.05, 3.63) is 122 Å². The van der Waals surface area contributed by atoms with Crippen molar-refractivity contribution in [2.45, 2.75) is 424 Å². The van der Waals surface area contributed by atoms with Gasteiger partial charge in [-0.15, -0.1) is 0 Å². The van der Waals surface area contributed by atoms with Gasteiger partial charge in [-0.3, -0.25) is 9.59 Å². The molecule has 2 unspecified atom stereocenters. The third-order valence-electron chi connectivity index (χ3n) is 19.7. The summed E-state index contributed by atoms with van der Waals surface area (Å²) in [6, 6.07) is 0. The Kier molecular flexibility index (Phi) is 81.8. The molecule has 0 aromatic rings. The number of esters is 2. The molecular formula is C96H169NO8. The minimum absolute atomic E-state index is 0.146. The third kappa shape index (κ3) is 86.8. The van der Waals surface area contributed by atoms with Crippen LogP contribution in [0, 0.1) is 0 Å². The van der Waals surface area contributed by atoms with Crippen molar-refractivity contribution in [2.24, 2.45) is 0 Å². The Morgan fingerprint density at radius 2 is 0.543 bits per heavy atom. The average Bonchev–Trinajstić information content (AvgIpc) is 1.18. The standard InChI is InChI=1S/C96H169NO8/c1-6-8-10-12-14-16-18-20-22-24-26-28-30-32-34-36-38-40-42-44-46-47-49-51-53-55-57-59-61-63-65-67-69-71-73-75-77-79-81-83-85-87-94(99)105-92(91-104-96(95(100)101)102-89-88-97(3,4)5)90-103-93(98)86-84-82-80-78-76-74-72-70-68-66-64-62-60-58-56-54-52-50-48-45-43-41-39-37-35-33-31-29-27-25-23-21-19-17-15-13-11-9-7-2/h8,10,14,16,20,22,25-28,32,34,38,40,44,46,49,51,55,57,92,96H,6-7,9,11-13,15,17-19,21,23-24,29-31,33,35-37,39,41-43,45,47-48,50,52-54,56,58-91H2,1-5H3/b10-8-,16-14-,22-20-,27-25-,28-26-,34-32-,40-38-,46-44-,51-49-,57-55-. The highest BCUT2D eigenvalue weighted by Gasteiger charge is 2.22. The number of unbranched alkanes of at least 4 members (excludes halogenated alkanes) is 48. The highest BCUT2D eigenvalue weighted by Crippen LogP contribution is 2.20. The van der Waals surface area contributed by atoms with E-state index in [4.69, 9.17) is 18.9 Å². The second kappa shape index (κ2) is 85.3. The number of likely N-dealkylation sites (N-methyl/N-ethyl adjacent to an activating group) is 1. The van der Waals surface area contributed by atoms with Crippen LogP contribution in [0.5, 0.6) is 0 Å². The maximum absolute atomic E-state index is 13.0. The Labute approximate surface area is 650 Å².